The topological polar surface area (TPSA) is 70.8 Å². The predicted molar refractivity (Wildman–Crippen MR) is 41.5 cm³/mol. The van der Waals surface area contributed by atoms with Gasteiger partial charge in [-0.15, -0.1) is 0 Å². The Hall–Kier alpha value is -0.433. The van der Waals surface area contributed by atoms with Gasteiger partial charge in [-0.3, -0.25) is 4.79 Å². The first-order chi connectivity index (χ1) is 5.24. The summed E-state index contributed by atoms with van der Waals surface area (Å²) in [5.74, 6) is -0.777. The molecule has 0 bridgehead atoms. The van der Waals surface area contributed by atoms with Gasteiger partial charge in [0.25, 0.3) is 9.76 Å². The summed E-state index contributed by atoms with van der Waals surface area (Å²) in [6.45, 7) is -0.0901. The number of hydrogen-bond acceptors (Lipinski definition) is 5. The molecular weight excluding hydrogens is 166 g/mol. The molecular formula is C5H13NO4Si. The van der Waals surface area contributed by atoms with Gasteiger partial charge in [0.05, 0.1) is 6.54 Å². The van der Waals surface area contributed by atoms with Gasteiger partial charge in [-0.05, 0) is 0 Å². The van der Waals surface area contributed by atoms with E-state index in [0.717, 1.165) is 0 Å². The number of nitrogens with two attached hydrogens (primary N) is 1. The lowest BCUT2D eigenvalue weighted by Gasteiger charge is -2.11. The Labute approximate surface area is 67.7 Å². The molecule has 0 aliphatic carbocycles. The molecule has 66 valence electrons. The zero-order valence-corrected chi connectivity index (χ0v) is 8.12. The summed E-state index contributed by atoms with van der Waals surface area (Å²) < 4.78 is 14.4. The number of rotatable bonds is 5. The molecule has 0 saturated heterocycles. The normalized spacial score (nSPS) is 11.3. The molecule has 0 rings (SSSR count). The van der Waals surface area contributed by atoms with E-state index in [4.69, 9.17) is 19.6 Å². The lowest BCUT2D eigenvalue weighted by atomic mass is 10.7. The minimum atomic E-state index is -1.11. The van der Waals surface area contributed by atoms with Gasteiger partial charge in [0.15, 0.2) is 5.91 Å². The Bertz CT molecular complexity index is 117. The summed E-state index contributed by atoms with van der Waals surface area (Å²) in [4.78, 5) is 10.5. The second kappa shape index (κ2) is 6.29. The third-order valence-corrected chi connectivity index (χ3v) is 2.50. The van der Waals surface area contributed by atoms with E-state index in [1.165, 1.54) is 14.2 Å². The minimum Gasteiger partial charge on any atom is -0.518 e. The summed E-state index contributed by atoms with van der Waals surface area (Å²) in [5.41, 5.74) is 5.01. The number of carbonyl (C=O) groups excluding carboxylic acids is 1. The molecule has 2 N–H and O–H groups in total. The molecule has 0 aliphatic rings. The summed E-state index contributed by atoms with van der Waals surface area (Å²) in [6, 6.07) is 0. The molecule has 0 heterocycles. The number of ether oxygens (including phenoxy) is 2. The van der Waals surface area contributed by atoms with Crippen LogP contribution in [0.2, 0.25) is 0 Å². The third kappa shape index (κ3) is 4.91. The van der Waals surface area contributed by atoms with Crippen LogP contribution in [0, 0.1) is 0 Å². The van der Waals surface area contributed by atoms with Crippen molar-refractivity contribution in [3.8, 4) is 0 Å². The molecule has 0 aromatic heterocycles. The molecule has 0 amide bonds. The molecule has 0 aromatic carbocycles. The van der Waals surface area contributed by atoms with Crippen molar-refractivity contribution in [3.63, 3.8) is 0 Å². The largest absolute Gasteiger partial charge is 0.518 e. The minimum absolute atomic E-state index is 0.0901. The van der Waals surface area contributed by atoms with E-state index in [1.54, 1.807) is 0 Å². The SMILES string of the molecule is COC(OC)[SiH2]OC(=O)CN. The zero-order valence-electron chi connectivity index (χ0n) is 6.70. The summed E-state index contributed by atoms with van der Waals surface area (Å²) in [7, 11) is 1.89. The van der Waals surface area contributed by atoms with Gasteiger partial charge in [0, 0.05) is 14.2 Å². The lowest BCUT2D eigenvalue weighted by molar-refractivity contribution is -0.134. The Morgan fingerprint density at radius 3 is 2.45 bits per heavy atom. The van der Waals surface area contributed by atoms with Gasteiger partial charge >= 0.3 is 5.97 Å². The third-order valence-electron chi connectivity index (χ3n) is 1.07. The lowest BCUT2D eigenvalue weighted by Crippen LogP contribution is -2.28. The van der Waals surface area contributed by atoms with Crippen LogP contribution >= 0.6 is 0 Å². The Kier molecular flexibility index (Phi) is 6.04. The molecule has 11 heavy (non-hydrogen) atoms. The molecule has 0 radical (unpaired) electrons. The van der Waals surface area contributed by atoms with E-state index in [2.05, 4.69) is 0 Å². The van der Waals surface area contributed by atoms with Crippen LogP contribution in [0.1, 0.15) is 0 Å². The summed E-state index contributed by atoms with van der Waals surface area (Å²) in [6.07, 6.45) is 0. The second-order valence-electron chi connectivity index (χ2n) is 1.79. The van der Waals surface area contributed by atoms with E-state index in [0.29, 0.717) is 0 Å². The standard InChI is InChI=1S/C5H13NO4Si/c1-8-5(9-2)11-10-4(7)3-6/h5H,3,6,11H2,1-2H3. The van der Waals surface area contributed by atoms with Crippen LogP contribution in [-0.4, -0.2) is 42.4 Å². The maximum absolute atomic E-state index is 10.5. The van der Waals surface area contributed by atoms with Crippen molar-refractivity contribution in [2.24, 2.45) is 5.73 Å². The highest BCUT2D eigenvalue weighted by atomic mass is 28.2. The zero-order chi connectivity index (χ0) is 8.69. The molecule has 0 fully saturated rings. The number of methoxy groups -OCH3 is 2. The quantitative estimate of drug-likeness (QED) is 0.396. The molecule has 0 spiro atoms. The fourth-order valence-electron chi connectivity index (χ4n) is 0.452. The van der Waals surface area contributed by atoms with Gasteiger partial charge in [0.1, 0.15) is 0 Å². The molecule has 5 nitrogen and oxygen atoms in total. The van der Waals surface area contributed by atoms with Gasteiger partial charge in [-0.25, -0.2) is 0 Å². The summed E-state index contributed by atoms with van der Waals surface area (Å²) >= 11 is 0. The highest BCUT2D eigenvalue weighted by Gasteiger charge is 2.09. The highest BCUT2D eigenvalue weighted by molar-refractivity contribution is 6.31. The second-order valence-corrected chi connectivity index (χ2v) is 3.08. The summed E-state index contributed by atoms with van der Waals surface area (Å²) in [5, 5.41) is 0. The predicted octanol–water partition coefficient (Wildman–Crippen LogP) is -1.85. The van der Waals surface area contributed by atoms with Crippen LogP contribution < -0.4 is 5.73 Å². The monoisotopic (exact) mass is 179 g/mol. The van der Waals surface area contributed by atoms with Crippen molar-refractivity contribution in [2.75, 3.05) is 20.8 Å². The maximum atomic E-state index is 10.5. The van der Waals surface area contributed by atoms with Crippen molar-refractivity contribution in [1.82, 2.24) is 0 Å². The number of carbonyl (C=O) groups is 1. The van der Waals surface area contributed by atoms with Crippen LogP contribution in [0.25, 0.3) is 0 Å². The van der Waals surface area contributed by atoms with Gasteiger partial charge in [-0.2, -0.15) is 0 Å². The molecule has 6 heteroatoms. The average molecular weight is 179 g/mol. The van der Waals surface area contributed by atoms with E-state index in [-0.39, 0.29) is 12.5 Å². The maximum Gasteiger partial charge on any atom is 0.306 e. The number of hydrogen-bond donors (Lipinski definition) is 1. The van der Waals surface area contributed by atoms with Gasteiger partial charge in [0.2, 0.25) is 0 Å². The van der Waals surface area contributed by atoms with E-state index >= 15 is 0 Å². The average Bonchev–Trinajstić information content (AvgIpc) is 2.06. The Balaban J connectivity index is 3.42. The smallest absolute Gasteiger partial charge is 0.306 e. The Morgan fingerprint density at radius 2 is 2.09 bits per heavy atom. The van der Waals surface area contributed by atoms with Gasteiger partial charge < -0.3 is 19.6 Å². The van der Waals surface area contributed by atoms with Crippen molar-refractivity contribution >= 4 is 15.7 Å². The van der Waals surface area contributed by atoms with Crippen molar-refractivity contribution < 1.29 is 18.7 Å². The molecule has 0 aromatic rings. The van der Waals surface area contributed by atoms with Crippen molar-refractivity contribution in [1.29, 1.82) is 0 Å². The molecule has 0 saturated carbocycles. The van der Waals surface area contributed by atoms with Crippen molar-refractivity contribution in [3.05, 3.63) is 0 Å². The van der Waals surface area contributed by atoms with E-state index in [1.807, 2.05) is 0 Å². The van der Waals surface area contributed by atoms with E-state index < -0.39 is 15.7 Å². The molecule has 0 unspecified atom stereocenters. The van der Waals surface area contributed by atoms with Crippen LogP contribution in [-0.2, 0) is 18.7 Å². The van der Waals surface area contributed by atoms with Crippen LogP contribution in [0.3, 0.4) is 0 Å². The fraction of sp³-hybridized carbons (Fsp3) is 0.800. The Morgan fingerprint density at radius 1 is 1.55 bits per heavy atom. The van der Waals surface area contributed by atoms with E-state index in [9.17, 15) is 4.79 Å². The van der Waals surface area contributed by atoms with Crippen LogP contribution in [0.5, 0.6) is 0 Å². The van der Waals surface area contributed by atoms with Crippen molar-refractivity contribution in [2.45, 2.75) is 5.91 Å². The molecule has 0 atom stereocenters. The first kappa shape index (κ1) is 10.6. The first-order valence-electron chi connectivity index (χ1n) is 3.15. The molecule has 0 aliphatic heterocycles. The van der Waals surface area contributed by atoms with Gasteiger partial charge in [-0.1, -0.05) is 0 Å². The fourth-order valence-corrected chi connectivity index (χ4v) is 1.16. The van der Waals surface area contributed by atoms with Crippen LogP contribution in [0.4, 0.5) is 0 Å². The first-order valence-corrected chi connectivity index (χ1v) is 4.55. The highest BCUT2D eigenvalue weighted by Crippen LogP contribution is 1.88. The van der Waals surface area contributed by atoms with Crippen LogP contribution in [0.15, 0.2) is 0 Å².